The van der Waals surface area contributed by atoms with Crippen molar-refractivity contribution in [3.05, 3.63) is 59.3 Å². The minimum Gasteiger partial charge on any atom is -0.465 e. The van der Waals surface area contributed by atoms with Gasteiger partial charge in [0.15, 0.2) is 6.29 Å². The maximum absolute atomic E-state index is 12.7. The maximum atomic E-state index is 12.7. The van der Waals surface area contributed by atoms with Gasteiger partial charge in [-0.25, -0.2) is 13.2 Å². The normalized spacial score (nSPS) is 11.3. The highest BCUT2D eigenvalue weighted by molar-refractivity contribution is 7.92. The number of nitrogens with one attached hydrogen (secondary N) is 2. The van der Waals surface area contributed by atoms with Crippen LogP contribution in [0.4, 0.5) is 5.69 Å². The molecule has 0 fully saturated rings. The summed E-state index contributed by atoms with van der Waals surface area (Å²) < 4.78 is 32.6. The summed E-state index contributed by atoms with van der Waals surface area (Å²) >= 11 is 0. The Hall–Kier alpha value is -3.13. The fourth-order valence-corrected chi connectivity index (χ4v) is 3.69. The summed E-state index contributed by atoms with van der Waals surface area (Å²) in [5.41, 5.74) is 1.91. The van der Waals surface area contributed by atoms with Gasteiger partial charge in [0.1, 0.15) is 0 Å². The third-order valence-corrected chi connectivity index (χ3v) is 5.32. The quantitative estimate of drug-likeness (QED) is 0.529. The number of sulfonamides is 1. The Morgan fingerprint density at radius 3 is 2.50 bits per heavy atom. The topological polar surface area (TPSA) is 105 Å². The predicted octanol–water partition coefficient (Wildman–Crippen LogP) is 2.88. The van der Waals surface area contributed by atoms with Crippen LogP contribution in [0.25, 0.3) is 10.9 Å². The maximum Gasteiger partial charge on any atom is 0.337 e. The molecular formula is C18H16N2O5S. The SMILES string of the molecule is COC(=O)c1cc(NS(=O)(=O)c2ccc(C)cc2)c2c(C=O)c[nH]c2c1. The van der Waals surface area contributed by atoms with E-state index in [9.17, 15) is 18.0 Å². The van der Waals surface area contributed by atoms with Crippen molar-refractivity contribution in [1.29, 1.82) is 0 Å². The second kappa shape index (κ2) is 6.64. The monoisotopic (exact) mass is 372 g/mol. The molecule has 0 aliphatic heterocycles. The summed E-state index contributed by atoms with van der Waals surface area (Å²) in [6, 6.07) is 9.18. The first-order chi connectivity index (χ1) is 12.4. The van der Waals surface area contributed by atoms with Gasteiger partial charge in [-0.05, 0) is 31.2 Å². The van der Waals surface area contributed by atoms with Crippen molar-refractivity contribution in [2.45, 2.75) is 11.8 Å². The summed E-state index contributed by atoms with van der Waals surface area (Å²) in [5.74, 6) is -0.620. The molecule has 0 amide bonds. The minimum atomic E-state index is -3.91. The molecule has 0 bridgehead atoms. The number of aromatic amines is 1. The first-order valence-electron chi connectivity index (χ1n) is 7.64. The molecule has 7 nitrogen and oxygen atoms in total. The number of aryl methyl sites for hydroxylation is 1. The summed E-state index contributed by atoms with van der Waals surface area (Å²) in [5, 5.41) is 0.378. The number of hydrogen-bond donors (Lipinski definition) is 2. The van der Waals surface area contributed by atoms with Gasteiger partial charge in [0.25, 0.3) is 10.0 Å². The van der Waals surface area contributed by atoms with Crippen molar-refractivity contribution in [2.75, 3.05) is 11.8 Å². The van der Waals surface area contributed by atoms with Crippen LogP contribution in [0, 0.1) is 6.92 Å². The van der Waals surface area contributed by atoms with Gasteiger partial charge in [-0.1, -0.05) is 17.7 Å². The molecule has 3 aromatic rings. The molecular weight excluding hydrogens is 356 g/mol. The number of rotatable bonds is 5. The van der Waals surface area contributed by atoms with Gasteiger partial charge >= 0.3 is 5.97 Å². The predicted molar refractivity (Wildman–Crippen MR) is 97.0 cm³/mol. The molecule has 26 heavy (non-hydrogen) atoms. The van der Waals surface area contributed by atoms with Crippen LogP contribution < -0.4 is 4.72 Å². The molecule has 134 valence electrons. The van der Waals surface area contributed by atoms with E-state index in [1.807, 2.05) is 6.92 Å². The molecule has 2 aromatic carbocycles. The Labute approximate surface area is 150 Å². The molecule has 0 saturated heterocycles. The Balaban J connectivity index is 2.16. The Morgan fingerprint density at radius 2 is 1.88 bits per heavy atom. The van der Waals surface area contributed by atoms with E-state index < -0.39 is 16.0 Å². The molecule has 0 aliphatic rings. The number of benzene rings is 2. The lowest BCUT2D eigenvalue weighted by atomic mass is 10.1. The molecule has 3 rings (SSSR count). The van der Waals surface area contributed by atoms with Gasteiger partial charge in [0.05, 0.1) is 23.3 Å². The van der Waals surface area contributed by atoms with E-state index in [1.54, 1.807) is 12.1 Å². The Kier molecular flexibility index (Phi) is 4.52. The number of aldehydes is 1. The van der Waals surface area contributed by atoms with Crippen molar-refractivity contribution in [3.63, 3.8) is 0 Å². The summed E-state index contributed by atoms with van der Waals surface area (Å²) in [7, 11) is -2.68. The van der Waals surface area contributed by atoms with Gasteiger partial charge in [-0.3, -0.25) is 9.52 Å². The van der Waals surface area contributed by atoms with E-state index in [0.29, 0.717) is 17.2 Å². The molecule has 1 aromatic heterocycles. The first-order valence-corrected chi connectivity index (χ1v) is 9.12. The van der Waals surface area contributed by atoms with Crippen molar-refractivity contribution < 1.29 is 22.7 Å². The minimum absolute atomic E-state index is 0.0721. The number of hydrogen-bond acceptors (Lipinski definition) is 5. The van der Waals surface area contributed by atoms with Crippen molar-refractivity contribution in [3.8, 4) is 0 Å². The molecule has 0 radical (unpaired) electrons. The van der Waals surface area contributed by atoms with Crippen molar-refractivity contribution in [1.82, 2.24) is 4.98 Å². The van der Waals surface area contributed by atoms with Gasteiger partial charge in [0.2, 0.25) is 0 Å². The summed E-state index contributed by atoms with van der Waals surface area (Å²) in [6.07, 6.45) is 2.06. The Bertz CT molecular complexity index is 1100. The molecule has 1 heterocycles. The van der Waals surface area contributed by atoms with Crippen LogP contribution in [-0.4, -0.2) is 32.8 Å². The summed E-state index contributed by atoms with van der Waals surface area (Å²) in [4.78, 5) is 26.1. The van der Waals surface area contributed by atoms with Crippen molar-refractivity contribution in [2.24, 2.45) is 0 Å². The van der Waals surface area contributed by atoms with Crippen LogP contribution in [0.15, 0.2) is 47.5 Å². The van der Waals surface area contributed by atoms with Crippen LogP contribution in [-0.2, 0) is 14.8 Å². The van der Waals surface area contributed by atoms with Crippen LogP contribution in [0.1, 0.15) is 26.3 Å². The fourth-order valence-electron chi connectivity index (χ4n) is 2.62. The molecule has 0 aliphatic carbocycles. The Morgan fingerprint density at radius 1 is 1.19 bits per heavy atom. The van der Waals surface area contributed by atoms with E-state index >= 15 is 0 Å². The van der Waals surface area contributed by atoms with E-state index in [0.717, 1.165) is 5.56 Å². The largest absolute Gasteiger partial charge is 0.465 e. The number of anilines is 1. The number of carbonyl (C=O) groups is 2. The number of carbonyl (C=O) groups excluding carboxylic acids is 2. The van der Waals surface area contributed by atoms with Gasteiger partial charge in [0, 0.05) is 22.7 Å². The smallest absolute Gasteiger partial charge is 0.337 e. The summed E-state index contributed by atoms with van der Waals surface area (Å²) in [6.45, 7) is 1.85. The number of methoxy groups -OCH3 is 1. The van der Waals surface area contributed by atoms with Crippen molar-refractivity contribution >= 4 is 38.9 Å². The van der Waals surface area contributed by atoms with Crippen LogP contribution in [0.5, 0.6) is 0 Å². The second-order valence-electron chi connectivity index (χ2n) is 5.72. The van der Waals surface area contributed by atoms with Crippen LogP contribution >= 0.6 is 0 Å². The fraction of sp³-hybridized carbons (Fsp3) is 0.111. The number of fused-ring (bicyclic) bond motifs is 1. The second-order valence-corrected chi connectivity index (χ2v) is 7.40. The molecule has 8 heteroatoms. The molecule has 0 atom stereocenters. The molecule has 0 saturated carbocycles. The number of H-pyrrole nitrogens is 1. The van der Waals surface area contributed by atoms with Gasteiger partial charge in [-0.2, -0.15) is 0 Å². The van der Waals surface area contributed by atoms with E-state index in [4.69, 9.17) is 4.74 Å². The average Bonchev–Trinajstić information content (AvgIpc) is 3.04. The number of ether oxygens (including phenoxy) is 1. The molecule has 2 N–H and O–H groups in total. The van der Waals surface area contributed by atoms with E-state index in [2.05, 4.69) is 9.71 Å². The molecule has 0 spiro atoms. The van der Waals surface area contributed by atoms with Gasteiger partial charge in [-0.15, -0.1) is 0 Å². The van der Waals surface area contributed by atoms with Crippen LogP contribution in [0.3, 0.4) is 0 Å². The van der Waals surface area contributed by atoms with E-state index in [-0.39, 0.29) is 21.7 Å². The zero-order valence-corrected chi connectivity index (χ0v) is 14.9. The highest BCUT2D eigenvalue weighted by Gasteiger charge is 2.20. The zero-order chi connectivity index (χ0) is 18.9. The highest BCUT2D eigenvalue weighted by Crippen LogP contribution is 2.30. The lowest BCUT2D eigenvalue weighted by molar-refractivity contribution is 0.0601. The number of esters is 1. The van der Waals surface area contributed by atoms with E-state index in [1.165, 1.54) is 37.6 Å². The highest BCUT2D eigenvalue weighted by atomic mass is 32.2. The van der Waals surface area contributed by atoms with Crippen LogP contribution in [0.2, 0.25) is 0 Å². The average molecular weight is 372 g/mol. The lowest BCUT2D eigenvalue weighted by Crippen LogP contribution is -2.14. The third-order valence-electron chi connectivity index (χ3n) is 3.93. The first kappa shape index (κ1) is 17.7. The zero-order valence-electron chi connectivity index (χ0n) is 14.1. The van der Waals surface area contributed by atoms with Gasteiger partial charge < -0.3 is 9.72 Å². The molecule has 0 unspecified atom stereocenters. The third kappa shape index (κ3) is 3.18. The number of aromatic nitrogens is 1. The standard InChI is InChI=1S/C18H16N2O5S/c1-11-3-5-14(6-4-11)26(23,24)20-16-8-12(18(22)25-2)7-15-17(16)13(10-21)9-19-15/h3-10,19-20H,1-2H3. The lowest BCUT2D eigenvalue weighted by Gasteiger charge is -2.11.